The fraction of sp³-hybridized carbons (Fsp3) is 0.111. The van der Waals surface area contributed by atoms with Crippen LogP contribution in [0.2, 0.25) is 0 Å². The number of fused-ring (bicyclic) bond motifs is 1. The van der Waals surface area contributed by atoms with Crippen LogP contribution in [0, 0.1) is 10.1 Å². The number of nitrogens with one attached hydrogen (secondary N) is 1. The number of sulfonamides is 1. The molecule has 1 amide bonds. The highest BCUT2D eigenvalue weighted by Gasteiger charge is 2.22. The lowest BCUT2D eigenvalue weighted by atomic mass is 10.1. The van der Waals surface area contributed by atoms with Gasteiger partial charge in [0.2, 0.25) is 0 Å². The van der Waals surface area contributed by atoms with Gasteiger partial charge in [-0.3, -0.25) is 19.2 Å². The number of nitrogens with zero attached hydrogens (tertiary/aromatic N) is 2. The number of nitro benzene ring substituents is 1. The number of amides is 1. The van der Waals surface area contributed by atoms with Gasteiger partial charge in [-0.15, -0.1) is 0 Å². The monoisotopic (exact) mass is 549 g/mol. The lowest BCUT2D eigenvalue weighted by molar-refractivity contribution is -0.383. The van der Waals surface area contributed by atoms with Crippen molar-refractivity contribution in [2.75, 3.05) is 29.9 Å². The van der Waals surface area contributed by atoms with E-state index in [1.807, 2.05) is 24.3 Å². The van der Waals surface area contributed by atoms with Gasteiger partial charge < -0.3 is 14.8 Å². The first-order valence-electron chi connectivity index (χ1n) is 11.5. The van der Waals surface area contributed by atoms with E-state index in [1.165, 1.54) is 55.6 Å². The number of ether oxygens (including phenoxy) is 2. The molecule has 0 aliphatic heterocycles. The smallest absolute Gasteiger partial charge is 0.344 e. The Bertz CT molecular complexity index is 1640. The molecule has 0 radical (unpaired) electrons. The standard InChI is InChI=1S/C27H23N3O8S/c1-29(39(35,36)23-15-10-19-6-2-3-7-20(19)16-23)21-11-13-22(14-12-21)37-18-27(32)38-17-26(31)28-24-8-4-5-9-25(24)30(33)34/h2-16H,17-18H2,1H3,(H,28,31). The molecular weight excluding hydrogens is 526 g/mol. The van der Waals surface area contributed by atoms with Crippen molar-refractivity contribution in [3.05, 3.63) is 101 Å². The van der Waals surface area contributed by atoms with Crippen molar-refractivity contribution >= 4 is 49.7 Å². The maximum absolute atomic E-state index is 13.1. The van der Waals surface area contributed by atoms with E-state index in [1.54, 1.807) is 18.2 Å². The third-order valence-corrected chi connectivity index (χ3v) is 7.46. The van der Waals surface area contributed by atoms with E-state index in [0.29, 0.717) is 5.69 Å². The number of rotatable bonds is 10. The van der Waals surface area contributed by atoms with Crippen LogP contribution < -0.4 is 14.4 Å². The summed E-state index contributed by atoms with van der Waals surface area (Å²) in [7, 11) is -2.39. The first-order valence-corrected chi connectivity index (χ1v) is 13.0. The van der Waals surface area contributed by atoms with Gasteiger partial charge in [0.1, 0.15) is 11.4 Å². The maximum atomic E-state index is 13.1. The highest BCUT2D eigenvalue weighted by Crippen LogP contribution is 2.27. The Kier molecular flexibility index (Phi) is 8.06. The lowest BCUT2D eigenvalue weighted by Gasteiger charge is -2.20. The minimum Gasteiger partial charge on any atom is -0.482 e. The molecule has 200 valence electrons. The number of carbonyl (C=O) groups excluding carboxylic acids is 2. The molecule has 4 aromatic carbocycles. The summed E-state index contributed by atoms with van der Waals surface area (Å²) in [6.45, 7) is -1.17. The number of hydrogen-bond donors (Lipinski definition) is 1. The summed E-state index contributed by atoms with van der Waals surface area (Å²) in [5.41, 5.74) is 0.0666. The number of anilines is 2. The molecule has 0 bridgehead atoms. The Hall–Kier alpha value is -4.97. The number of carbonyl (C=O) groups is 2. The van der Waals surface area contributed by atoms with Crippen LogP contribution in [-0.2, 0) is 24.3 Å². The molecule has 11 nitrogen and oxygen atoms in total. The molecule has 0 heterocycles. The van der Waals surface area contributed by atoms with Crippen molar-refractivity contribution in [1.82, 2.24) is 0 Å². The van der Waals surface area contributed by atoms with Crippen LogP contribution in [0.3, 0.4) is 0 Å². The minimum absolute atomic E-state index is 0.0208. The van der Waals surface area contributed by atoms with Gasteiger partial charge in [0.05, 0.1) is 15.5 Å². The van der Waals surface area contributed by atoms with Crippen molar-refractivity contribution in [1.29, 1.82) is 0 Å². The van der Waals surface area contributed by atoms with Gasteiger partial charge in [-0.2, -0.15) is 0 Å². The second-order valence-electron chi connectivity index (χ2n) is 8.25. The van der Waals surface area contributed by atoms with Crippen LogP contribution in [0.1, 0.15) is 0 Å². The second-order valence-corrected chi connectivity index (χ2v) is 10.2. The van der Waals surface area contributed by atoms with E-state index in [2.05, 4.69) is 5.32 Å². The van der Waals surface area contributed by atoms with Crippen molar-refractivity contribution in [3.8, 4) is 5.75 Å². The molecule has 0 spiro atoms. The van der Waals surface area contributed by atoms with E-state index in [9.17, 15) is 28.1 Å². The zero-order valence-electron chi connectivity index (χ0n) is 20.6. The zero-order valence-corrected chi connectivity index (χ0v) is 21.5. The fourth-order valence-corrected chi connectivity index (χ4v) is 4.86. The molecule has 4 rings (SSSR count). The van der Waals surface area contributed by atoms with Gasteiger partial charge in [0.25, 0.3) is 21.6 Å². The Morgan fingerprint density at radius 1 is 0.897 bits per heavy atom. The average molecular weight is 550 g/mol. The van der Waals surface area contributed by atoms with Crippen molar-refractivity contribution in [3.63, 3.8) is 0 Å². The molecule has 1 N–H and O–H groups in total. The molecule has 0 aromatic heterocycles. The Morgan fingerprint density at radius 2 is 1.56 bits per heavy atom. The largest absolute Gasteiger partial charge is 0.482 e. The van der Waals surface area contributed by atoms with E-state index >= 15 is 0 Å². The summed E-state index contributed by atoms with van der Waals surface area (Å²) in [6, 6.07) is 24.0. The topological polar surface area (TPSA) is 145 Å². The van der Waals surface area contributed by atoms with Crippen LogP contribution in [0.15, 0.2) is 95.9 Å². The molecule has 0 aliphatic rings. The Morgan fingerprint density at radius 3 is 2.28 bits per heavy atom. The minimum atomic E-state index is -3.82. The first kappa shape index (κ1) is 27.1. The summed E-state index contributed by atoms with van der Waals surface area (Å²) < 4.78 is 37.6. The van der Waals surface area contributed by atoms with Crippen LogP contribution in [0.4, 0.5) is 17.1 Å². The number of nitro groups is 1. The van der Waals surface area contributed by atoms with Gasteiger partial charge in [-0.05, 0) is 53.2 Å². The average Bonchev–Trinajstić information content (AvgIpc) is 2.94. The third-order valence-electron chi connectivity index (χ3n) is 5.68. The molecule has 0 atom stereocenters. The number of benzene rings is 4. The Balaban J connectivity index is 1.30. The fourth-order valence-electron chi connectivity index (χ4n) is 3.63. The van der Waals surface area contributed by atoms with Crippen molar-refractivity contribution < 1.29 is 32.4 Å². The van der Waals surface area contributed by atoms with Crippen LogP contribution in [-0.4, -0.2) is 45.5 Å². The van der Waals surface area contributed by atoms with Gasteiger partial charge in [0, 0.05) is 13.1 Å². The highest BCUT2D eigenvalue weighted by atomic mass is 32.2. The summed E-state index contributed by atoms with van der Waals surface area (Å²) in [6.07, 6.45) is 0. The SMILES string of the molecule is CN(c1ccc(OCC(=O)OCC(=O)Nc2ccccc2[N+](=O)[O-])cc1)S(=O)(=O)c1ccc2ccccc2c1. The zero-order chi connectivity index (χ0) is 28.0. The molecule has 4 aromatic rings. The van der Waals surface area contributed by atoms with E-state index in [-0.39, 0.29) is 22.0 Å². The molecule has 0 saturated carbocycles. The quantitative estimate of drug-likeness (QED) is 0.177. The van der Waals surface area contributed by atoms with Gasteiger partial charge >= 0.3 is 5.97 Å². The second kappa shape index (κ2) is 11.6. The van der Waals surface area contributed by atoms with Crippen LogP contribution >= 0.6 is 0 Å². The molecule has 0 fully saturated rings. The van der Waals surface area contributed by atoms with Gasteiger partial charge in [-0.1, -0.05) is 42.5 Å². The molecule has 0 unspecified atom stereocenters. The third kappa shape index (κ3) is 6.48. The highest BCUT2D eigenvalue weighted by molar-refractivity contribution is 7.92. The maximum Gasteiger partial charge on any atom is 0.344 e. The summed E-state index contributed by atoms with van der Waals surface area (Å²) in [5, 5.41) is 15.1. The predicted molar refractivity (Wildman–Crippen MR) is 144 cm³/mol. The lowest BCUT2D eigenvalue weighted by Crippen LogP contribution is -2.26. The van der Waals surface area contributed by atoms with Crippen molar-refractivity contribution in [2.45, 2.75) is 4.90 Å². The Labute approximate surface area is 223 Å². The number of para-hydroxylation sites is 2. The van der Waals surface area contributed by atoms with Gasteiger partial charge in [0.15, 0.2) is 13.2 Å². The molecule has 0 aliphatic carbocycles. The van der Waals surface area contributed by atoms with Crippen LogP contribution in [0.25, 0.3) is 10.8 Å². The number of hydrogen-bond acceptors (Lipinski definition) is 8. The molecule has 0 saturated heterocycles. The number of esters is 1. The molecule has 39 heavy (non-hydrogen) atoms. The van der Waals surface area contributed by atoms with Crippen molar-refractivity contribution in [2.24, 2.45) is 0 Å². The van der Waals surface area contributed by atoms with E-state index in [0.717, 1.165) is 15.1 Å². The summed E-state index contributed by atoms with van der Waals surface area (Å²) in [5.74, 6) is -1.32. The normalized spacial score (nSPS) is 11.0. The van der Waals surface area contributed by atoms with E-state index < -0.39 is 40.0 Å². The van der Waals surface area contributed by atoms with Crippen LogP contribution in [0.5, 0.6) is 5.75 Å². The first-order chi connectivity index (χ1) is 18.6. The van der Waals surface area contributed by atoms with E-state index in [4.69, 9.17) is 9.47 Å². The van der Waals surface area contributed by atoms with Gasteiger partial charge in [-0.25, -0.2) is 13.2 Å². The molecular formula is C27H23N3O8S. The summed E-state index contributed by atoms with van der Waals surface area (Å²) >= 11 is 0. The molecule has 12 heteroatoms. The predicted octanol–water partition coefficient (Wildman–Crippen LogP) is 4.13. The summed E-state index contributed by atoms with van der Waals surface area (Å²) in [4.78, 5) is 34.5.